The summed E-state index contributed by atoms with van der Waals surface area (Å²) < 4.78 is 4.71. The SMILES string of the molecule is CCOC(=O)CNC(=O)[C@H](C)Nc1ccc(Cl)c(Cl)c1. The fourth-order valence-corrected chi connectivity index (χ4v) is 1.72. The Morgan fingerprint density at radius 2 is 2.00 bits per heavy atom. The molecule has 0 unspecified atom stereocenters. The summed E-state index contributed by atoms with van der Waals surface area (Å²) in [6.45, 7) is 3.50. The van der Waals surface area contributed by atoms with E-state index in [9.17, 15) is 9.59 Å². The van der Waals surface area contributed by atoms with E-state index in [1.165, 1.54) is 0 Å². The first-order valence-electron chi connectivity index (χ1n) is 6.09. The zero-order valence-corrected chi connectivity index (χ0v) is 12.7. The van der Waals surface area contributed by atoms with E-state index in [2.05, 4.69) is 10.6 Å². The molecular weight excluding hydrogens is 303 g/mol. The number of benzene rings is 1. The van der Waals surface area contributed by atoms with Gasteiger partial charge in [0.1, 0.15) is 12.6 Å². The van der Waals surface area contributed by atoms with Gasteiger partial charge in [0, 0.05) is 5.69 Å². The highest BCUT2D eigenvalue weighted by Crippen LogP contribution is 2.25. The predicted molar refractivity (Wildman–Crippen MR) is 79.2 cm³/mol. The maximum absolute atomic E-state index is 11.8. The number of carbonyl (C=O) groups excluding carboxylic acids is 2. The van der Waals surface area contributed by atoms with Gasteiger partial charge in [0.05, 0.1) is 16.7 Å². The summed E-state index contributed by atoms with van der Waals surface area (Å²) in [7, 11) is 0. The van der Waals surface area contributed by atoms with Crippen LogP contribution in [0.3, 0.4) is 0 Å². The van der Waals surface area contributed by atoms with Gasteiger partial charge in [0.25, 0.3) is 0 Å². The van der Waals surface area contributed by atoms with Gasteiger partial charge in [0.15, 0.2) is 0 Å². The molecule has 0 saturated heterocycles. The van der Waals surface area contributed by atoms with Crippen LogP contribution in [0.25, 0.3) is 0 Å². The van der Waals surface area contributed by atoms with Crippen molar-refractivity contribution in [2.75, 3.05) is 18.5 Å². The Hall–Kier alpha value is -1.46. The second-order valence-electron chi connectivity index (χ2n) is 4.02. The minimum atomic E-state index is -0.526. The summed E-state index contributed by atoms with van der Waals surface area (Å²) >= 11 is 11.7. The first-order chi connectivity index (χ1) is 9.43. The molecule has 0 aliphatic carbocycles. The lowest BCUT2D eigenvalue weighted by Crippen LogP contribution is -2.40. The molecule has 0 aliphatic heterocycles. The molecule has 1 aromatic rings. The topological polar surface area (TPSA) is 67.4 Å². The average molecular weight is 319 g/mol. The molecule has 0 radical (unpaired) electrons. The first-order valence-corrected chi connectivity index (χ1v) is 6.84. The van der Waals surface area contributed by atoms with Crippen LogP contribution >= 0.6 is 23.2 Å². The minimum absolute atomic E-state index is 0.153. The molecule has 0 saturated carbocycles. The van der Waals surface area contributed by atoms with E-state index in [1.54, 1.807) is 32.0 Å². The highest BCUT2D eigenvalue weighted by molar-refractivity contribution is 6.42. The van der Waals surface area contributed by atoms with Crippen molar-refractivity contribution in [1.82, 2.24) is 5.32 Å². The van der Waals surface area contributed by atoms with Crippen LogP contribution < -0.4 is 10.6 Å². The molecule has 7 heteroatoms. The highest BCUT2D eigenvalue weighted by Gasteiger charge is 2.14. The van der Waals surface area contributed by atoms with Gasteiger partial charge >= 0.3 is 5.97 Å². The lowest BCUT2D eigenvalue weighted by atomic mass is 10.2. The van der Waals surface area contributed by atoms with Crippen LogP contribution in [0.5, 0.6) is 0 Å². The molecule has 20 heavy (non-hydrogen) atoms. The quantitative estimate of drug-likeness (QED) is 0.791. The molecule has 0 heterocycles. The van der Waals surface area contributed by atoms with E-state index < -0.39 is 12.0 Å². The van der Waals surface area contributed by atoms with E-state index in [0.29, 0.717) is 15.7 Å². The van der Waals surface area contributed by atoms with E-state index in [1.807, 2.05) is 0 Å². The van der Waals surface area contributed by atoms with Gasteiger partial charge in [-0.2, -0.15) is 0 Å². The van der Waals surface area contributed by atoms with Crippen LogP contribution in [0.4, 0.5) is 5.69 Å². The summed E-state index contributed by atoms with van der Waals surface area (Å²) in [5, 5.41) is 6.28. The van der Waals surface area contributed by atoms with Crippen LogP contribution in [0.15, 0.2) is 18.2 Å². The zero-order valence-electron chi connectivity index (χ0n) is 11.2. The molecule has 0 spiro atoms. The molecule has 1 rings (SSSR count). The minimum Gasteiger partial charge on any atom is -0.465 e. The second-order valence-corrected chi connectivity index (χ2v) is 4.83. The standard InChI is InChI=1S/C13H16Cl2N2O3/c1-3-20-12(18)7-16-13(19)8(2)17-9-4-5-10(14)11(15)6-9/h4-6,8,17H,3,7H2,1-2H3,(H,16,19)/t8-/m0/s1. The Bertz CT molecular complexity index is 495. The summed E-state index contributed by atoms with van der Waals surface area (Å²) in [6.07, 6.45) is 0. The van der Waals surface area contributed by atoms with Gasteiger partial charge in [-0.25, -0.2) is 0 Å². The maximum atomic E-state index is 11.8. The van der Waals surface area contributed by atoms with Gasteiger partial charge in [-0.3, -0.25) is 9.59 Å². The normalized spacial score (nSPS) is 11.6. The molecule has 0 fully saturated rings. The fourth-order valence-electron chi connectivity index (χ4n) is 1.43. The molecule has 0 aliphatic rings. The molecule has 1 atom stereocenters. The molecule has 2 N–H and O–H groups in total. The van der Waals surface area contributed by atoms with Crippen LogP contribution in [-0.2, 0) is 14.3 Å². The Morgan fingerprint density at radius 3 is 2.60 bits per heavy atom. The number of halogens is 2. The van der Waals surface area contributed by atoms with Crippen molar-refractivity contribution in [2.24, 2.45) is 0 Å². The third-order valence-electron chi connectivity index (χ3n) is 2.41. The van der Waals surface area contributed by atoms with Crippen LogP contribution in [0, 0.1) is 0 Å². The third kappa shape index (κ3) is 5.27. The van der Waals surface area contributed by atoms with Crippen molar-refractivity contribution in [3.05, 3.63) is 28.2 Å². The van der Waals surface area contributed by atoms with E-state index >= 15 is 0 Å². The number of carbonyl (C=O) groups is 2. The fraction of sp³-hybridized carbons (Fsp3) is 0.385. The number of hydrogen-bond acceptors (Lipinski definition) is 4. The predicted octanol–water partition coefficient (Wildman–Crippen LogP) is 2.47. The monoisotopic (exact) mass is 318 g/mol. The summed E-state index contributed by atoms with van der Waals surface area (Å²) in [5.74, 6) is -0.785. The third-order valence-corrected chi connectivity index (χ3v) is 3.15. The van der Waals surface area contributed by atoms with Crippen molar-refractivity contribution in [3.8, 4) is 0 Å². The Balaban J connectivity index is 2.48. The van der Waals surface area contributed by atoms with Crippen molar-refractivity contribution >= 4 is 40.8 Å². The molecule has 5 nitrogen and oxygen atoms in total. The molecular formula is C13H16Cl2N2O3. The number of anilines is 1. The Labute approximate surface area is 127 Å². The van der Waals surface area contributed by atoms with Crippen LogP contribution in [0.1, 0.15) is 13.8 Å². The smallest absolute Gasteiger partial charge is 0.325 e. The lowest BCUT2D eigenvalue weighted by Gasteiger charge is -2.15. The van der Waals surface area contributed by atoms with E-state index in [0.717, 1.165) is 0 Å². The number of rotatable bonds is 6. The van der Waals surface area contributed by atoms with Gasteiger partial charge < -0.3 is 15.4 Å². The largest absolute Gasteiger partial charge is 0.465 e. The molecule has 1 amide bonds. The van der Waals surface area contributed by atoms with Gasteiger partial charge in [-0.1, -0.05) is 23.2 Å². The Kier molecular flexibility index (Phi) is 6.61. The summed E-state index contributed by atoms with van der Waals surface area (Å²) in [6, 6.07) is 4.44. The van der Waals surface area contributed by atoms with Gasteiger partial charge in [-0.05, 0) is 32.0 Å². The summed E-state index contributed by atoms with van der Waals surface area (Å²) in [5.41, 5.74) is 0.665. The number of esters is 1. The van der Waals surface area contributed by atoms with E-state index in [-0.39, 0.29) is 19.1 Å². The van der Waals surface area contributed by atoms with E-state index in [4.69, 9.17) is 27.9 Å². The average Bonchev–Trinajstić information content (AvgIpc) is 2.40. The summed E-state index contributed by atoms with van der Waals surface area (Å²) in [4.78, 5) is 22.9. The molecule has 110 valence electrons. The van der Waals surface area contributed by atoms with Gasteiger partial charge in [-0.15, -0.1) is 0 Å². The zero-order chi connectivity index (χ0) is 15.1. The second kappa shape index (κ2) is 7.97. The van der Waals surface area contributed by atoms with Crippen molar-refractivity contribution < 1.29 is 14.3 Å². The van der Waals surface area contributed by atoms with Crippen molar-refractivity contribution in [2.45, 2.75) is 19.9 Å². The number of amides is 1. The number of ether oxygens (including phenoxy) is 1. The van der Waals surface area contributed by atoms with Gasteiger partial charge in [0.2, 0.25) is 5.91 Å². The molecule has 1 aromatic carbocycles. The molecule has 0 aromatic heterocycles. The Morgan fingerprint density at radius 1 is 1.30 bits per heavy atom. The van der Waals surface area contributed by atoms with Crippen LogP contribution in [0.2, 0.25) is 10.0 Å². The van der Waals surface area contributed by atoms with Crippen molar-refractivity contribution in [1.29, 1.82) is 0 Å². The highest BCUT2D eigenvalue weighted by atomic mass is 35.5. The lowest BCUT2D eigenvalue weighted by molar-refractivity contribution is -0.143. The number of nitrogens with one attached hydrogen (secondary N) is 2. The van der Waals surface area contributed by atoms with Crippen molar-refractivity contribution in [3.63, 3.8) is 0 Å². The number of hydrogen-bond donors (Lipinski definition) is 2. The maximum Gasteiger partial charge on any atom is 0.325 e. The van der Waals surface area contributed by atoms with Crippen LogP contribution in [-0.4, -0.2) is 31.1 Å². The molecule has 0 bridgehead atoms. The first kappa shape index (κ1) is 16.6.